The van der Waals surface area contributed by atoms with Crippen molar-refractivity contribution in [2.24, 2.45) is 5.41 Å². The summed E-state index contributed by atoms with van der Waals surface area (Å²) >= 11 is 0. The van der Waals surface area contributed by atoms with Crippen molar-refractivity contribution in [1.29, 1.82) is 0 Å². The third-order valence-electron chi connectivity index (χ3n) is 1.33. The fourth-order valence-corrected chi connectivity index (χ4v) is 0.874. The first-order chi connectivity index (χ1) is 4.33. The smallest absolute Gasteiger partial charge is 0.150 e. The molecule has 10 heavy (non-hydrogen) atoms. The van der Waals surface area contributed by atoms with Gasteiger partial charge >= 0.3 is 0 Å². The molecular formula is C8H18FN. The number of hydrogen-bond acceptors (Lipinski definition) is 1. The van der Waals surface area contributed by atoms with Crippen LogP contribution in [0.3, 0.4) is 0 Å². The SMILES string of the molecule is CC(F)N(C)CC(C)(C)C. The lowest BCUT2D eigenvalue weighted by Gasteiger charge is -2.27. The van der Waals surface area contributed by atoms with Gasteiger partial charge < -0.3 is 0 Å². The first-order valence-electron chi connectivity index (χ1n) is 3.67. The maximum Gasteiger partial charge on any atom is 0.150 e. The van der Waals surface area contributed by atoms with Gasteiger partial charge in [0.1, 0.15) is 0 Å². The molecule has 0 aliphatic heterocycles. The summed E-state index contributed by atoms with van der Waals surface area (Å²) in [5.74, 6) is 0. The van der Waals surface area contributed by atoms with Gasteiger partial charge in [-0.3, -0.25) is 4.90 Å². The molecule has 0 saturated heterocycles. The molecule has 2 heteroatoms. The van der Waals surface area contributed by atoms with Gasteiger partial charge in [-0.1, -0.05) is 20.8 Å². The van der Waals surface area contributed by atoms with Crippen LogP contribution >= 0.6 is 0 Å². The zero-order chi connectivity index (χ0) is 8.36. The summed E-state index contributed by atoms with van der Waals surface area (Å²) in [5.41, 5.74) is 0.190. The minimum absolute atomic E-state index is 0.190. The third kappa shape index (κ3) is 4.74. The van der Waals surface area contributed by atoms with Crippen molar-refractivity contribution in [2.45, 2.75) is 34.0 Å². The van der Waals surface area contributed by atoms with E-state index in [2.05, 4.69) is 20.8 Å². The maximum absolute atomic E-state index is 12.6. The second-order valence-electron chi connectivity index (χ2n) is 4.05. The molecule has 0 spiro atoms. The van der Waals surface area contributed by atoms with Crippen LogP contribution in [0.4, 0.5) is 4.39 Å². The zero-order valence-electron chi connectivity index (χ0n) is 7.61. The number of hydrogen-bond donors (Lipinski definition) is 0. The number of nitrogens with zero attached hydrogens (tertiary/aromatic N) is 1. The van der Waals surface area contributed by atoms with Crippen LogP contribution in [-0.4, -0.2) is 24.8 Å². The summed E-state index contributed by atoms with van der Waals surface area (Å²) in [6, 6.07) is 0. The molecule has 0 radical (unpaired) electrons. The molecule has 0 fully saturated rings. The predicted octanol–water partition coefficient (Wildman–Crippen LogP) is 2.28. The van der Waals surface area contributed by atoms with Gasteiger partial charge in [0.25, 0.3) is 0 Å². The average molecular weight is 147 g/mol. The van der Waals surface area contributed by atoms with Crippen LogP contribution in [0, 0.1) is 5.41 Å². The molecule has 0 heterocycles. The second kappa shape index (κ2) is 3.33. The molecule has 1 atom stereocenters. The highest BCUT2D eigenvalue weighted by Crippen LogP contribution is 2.15. The molecular weight excluding hydrogens is 129 g/mol. The van der Waals surface area contributed by atoms with E-state index in [0.717, 1.165) is 6.54 Å². The van der Waals surface area contributed by atoms with Crippen molar-refractivity contribution in [2.75, 3.05) is 13.6 Å². The van der Waals surface area contributed by atoms with Crippen LogP contribution < -0.4 is 0 Å². The first kappa shape index (κ1) is 9.89. The largest absolute Gasteiger partial charge is 0.277 e. The molecule has 1 nitrogen and oxygen atoms in total. The fraction of sp³-hybridized carbons (Fsp3) is 1.00. The van der Waals surface area contributed by atoms with E-state index in [0.29, 0.717) is 0 Å². The van der Waals surface area contributed by atoms with Gasteiger partial charge in [-0.05, 0) is 19.4 Å². The lowest BCUT2D eigenvalue weighted by atomic mass is 9.96. The topological polar surface area (TPSA) is 3.24 Å². The van der Waals surface area contributed by atoms with Gasteiger partial charge in [0.15, 0.2) is 6.30 Å². The normalized spacial score (nSPS) is 15.9. The first-order valence-corrected chi connectivity index (χ1v) is 3.67. The standard InChI is InChI=1S/C8H18FN/c1-7(9)10(5)6-8(2,3)4/h7H,6H2,1-5H3. The minimum Gasteiger partial charge on any atom is -0.277 e. The summed E-state index contributed by atoms with van der Waals surface area (Å²) in [6.45, 7) is 8.67. The lowest BCUT2D eigenvalue weighted by molar-refractivity contribution is 0.0909. The van der Waals surface area contributed by atoms with E-state index in [1.54, 1.807) is 18.9 Å². The lowest BCUT2D eigenvalue weighted by Crippen LogP contribution is -2.33. The van der Waals surface area contributed by atoms with Crippen molar-refractivity contribution in [3.05, 3.63) is 0 Å². The Kier molecular flexibility index (Phi) is 3.29. The van der Waals surface area contributed by atoms with Crippen LogP contribution in [0.5, 0.6) is 0 Å². The van der Waals surface area contributed by atoms with Gasteiger partial charge in [-0.2, -0.15) is 0 Å². The van der Waals surface area contributed by atoms with Crippen LogP contribution in [0.2, 0.25) is 0 Å². The van der Waals surface area contributed by atoms with E-state index < -0.39 is 6.30 Å². The molecule has 1 unspecified atom stereocenters. The zero-order valence-corrected chi connectivity index (χ0v) is 7.61. The molecule has 0 aromatic carbocycles. The van der Waals surface area contributed by atoms with Crippen LogP contribution in [-0.2, 0) is 0 Å². The van der Waals surface area contributed by atoms with Crippen molar-refractivity contribution in [1.82, 2.24) is 4.90 Å². The van der Waals surface area contributed by atoms with E-state index in [4.69, 9.17) is 0 Å². The molecule has 62 valence electrons. The Bertz CT molecular complexity index is 93.9. The Hall–Kier alpha value is -0.110. The summed E-state index contributed by atoms with van der Waals surface area (Å²) in [6.07, 6.45) is -0.834. The van der Waals surface area contributed by atoms with Crippen LogP contribution in [0.1, 0.15) is 27.7 Å². The Morgan fingerprint density at radius 3 is 1.90 bits per heavy atom. The highest BCUT2D eigenvalue weighted by Gasteiger charge is 2.16. The van der Waals surface area contributed by atoms with E-state index in [1.807, 2.05) is 0 Å². The van der Waals surface area contributed by atoms with E-state index in [-0.39, 0.29) is 5.41 Å². The van der Waals surface area contributed by atoms with Gasteiger partial charge in [-0.25, -0.2) is 4.39 Å². The highest BCUT2D eigenvalue weighted by molar-refractivity contribution is 4.66. The van der Waals surface area contributed by atoms with E-state index in [9.17, 15) is 4.39 Å². The highest BCUT2D eigenvalue weighted by atomic mass is 19.1. The number of halogens is 1. The molecule has 0 aliphatic carbocycles. The molecule has 0 aromatic heterocycles. The molecule has 0 amide bonds. The van der Waals surface area contributed by atoms with Gasteiger partial charge in [-0.15, -0.1) is 0 Å². The van der Waals surface area contributed by atoms with Crippen molar-refractivity contribution in [3.8, 4) is 0 Å². The summed E-state index contributed by atoms with van der Waals surface area (Å²) in [5, 5.41) is 0. The molecule has 0 N–H and O–H groups in total. The Morgan fingerprint density at radius 1 is 1.40 bits per heavy atom. The third-order valence-corrected chi connectivity index (χ3v) is 1.33. The predicted molar refractivity (Wildman–Crippen MR) is 42.7 cm³/mol. The van der Waals surface area contributed by atoms with Crippen molar-refractivity contribution < 1.29 is 4.39 Å². The molecule has 0 rings (SSSR count). The van der Waals surface area contributed by atoms with Crippen molar-refractivity contribution in [3.63, 3.8) is 0 Å². The Balaban J connectivity index is 3.68. The Labute approximate surface area is 63.2 Å². The molecule has 0 saturated carbocycles. The average Bonchev–Trinajstić information content (AvgIpc) is 1.60. The van der Waals surface area contributed by atoms with Gasteiger partial charge in [0, 0.05) is 6.54 Å². The quantitative estimate of drug-likeness (QED) is 0.542. The maximum atomic E-state index is 12.6. The van der Waals surface area contributed by atoms with Crippen molar-refractivity contribution >= 4 is 0 Å². The molecule has 0 aliphatic rings. The molecule has 0 bridgehead atoms. The summed E-state index contributed by atoms with van der Waals surface area (Å²) < 4.78 is 12.6. The second-order valence-corrected chi connectivity index (χ2v) is 4.05. The monoisotopic (exact) mass is 147 g/mol. The number of alkyl halides is 1. The van der Waals surface area contributed by atoms with Gasteiger partial charge in [0.2, 0.25) is 0 Å². The van der Waals surface area contributed by atoms with Gasteiger partial charge in [0.05, 0.1) is 0 Å². The minimum atomic E-state index is -0.834. The summed E-state index contributed by atoms with van der Waals surface area (Å²) in [7, 11) is 1.80. The fourth-order valence-electron chi connectivity index (χ4n) is 0.874. The van der Waals surface area contributed by atoms with Crippen LogP contribution in [0.15, 0.2) is 0 Å². The Morgan fingerprint density at radius 2 is 1.80 bits per heavy atom. The van der Waals surface area contributed by atoms with Crippen LogP contribution in [0.25, 0.3) is 0 Å². The molecule has 0 aromatic rings. The van der Waals surface area contributed by atoms with E-state index >= 15 is 0 Å². The summed E-state index contributed by atoms with van der Waals surface area (Å²) in [4.78, 5) is 1.71. The number of rotatable bonds is 2. The van der Waals surface area contributed by atoms with E-state index in [1.165, 1.54) is 0 Å².